The smallest absolute Gasteiger partial charge is 0.317 e. The number of carbonyl (C=O) groups is 1. The molecule has 4 heteroatoms. The molecule has 3 nitrogen and oxygen atoms in total. The van der Waals surface area contributed by atoms with E-state index in [4.69, 9.17) is 0 Å². The van der Waals surface area contributed by atoms with Gasteiger partial charge in [-0.05, 0) is 31.0 Å². The third-order valence-corrected chi connectivity index (χ3v) is 3.40. The van der Waals surface area contributed by atoms with Gasteiger partial charge in [0.25, 0.3) is 0 Å². The fourth-order valence-electron chi connectivity index (χ4n) is 1.96. The first-order valence-corrected chi connectivity index (χ1v) is 6.28. The molecule has 86 valence electrons. The van der Waals surface area contributed by atoms with E-state index in [1.165, 1.54) is 0 Å². The molecule has 1 fully saturated rings. The van der Waals surface area contributed by atoms with Crippen LogP contribution in [0.2, 0.25) is 0 Å². The van der Waals surface area contributed by atoms with Crippen LogP contribution in [0.3, 0.4) is 0 Å². The summed E-state index contributed by atoms with van der Waals surface area (Å²) in [5, 5.41) is 2.87. The molecule has 16 heavy (non-hydrogen) atoms. The summed E-state index contributed by atoms with van der Waals surface area (Å²) in [6.07, 6.45) is 1.02. The molecule has 2 rings (SSSR count). The summed E-state index contributed by atoms with van der Waals surface area (Å²) in [5.41, 5.74) is 1.16. The lowest BCUT2D eigenvalue weighted by Crippen LogP contribution is -2.47. The van der Waals surface area contributed by atoms with Crippen molar-refractivity contribution in [3.05, 3.63) is 34.3 Å². The maximum Gasteiger partial charge on any atom is 0.317 e. The van der Waals surface area contributed by atoms with Gasteiger partial charge in [0.15, 0.2) is 0 Å². The van der Waals surface area contributed by atoms with Crippen LogP contribution in [-0.2, 0) is 0 Å². The minimum Gasteiger partial charge on any atom is -0.338 e. The molecule has 1 saturated heterocycles. The molecule has 0 saturated carbocycles. The topological polar surface area (TPSA) is 32.3 Å². The Balaban J connectivity index is 2.17. The van der Waals surface area contributed by atoms with Gasteiger partial charge >= 0.3 is 6.03 Å². The van der Waals surface area contributed by atoms with Crippen LogP contribution in [0, 0.1) is 0 Å². The van der Waals surface area contributed by atoms with Gasteiger partial charge in [0.05, 0.1) is 6.04 Å². The molecule has 1 aromatic rings. The molecule has 1 heterocycles. The Morgan fingerprint density at radius 1 is 1.50 bits per heavy atom. The van der Waals surface area contributed by atoms with Crippen molar-refractivity contribution in [1.82, 2.24) is 10.2 Å². The van der Waals surface area contributed by atoms with E-state index < -0.39 is 0 Å². The zero-order valence-electron chi connectivity index (χ0n) is 9.24. The van der Waals surface area contributed by atoms with E-state index >= 15 is 0 Å². The third-order valence-electron chi connectivity index (χ3n) is 2.91. The van der Waals surface area contributed by atoms with Gasteiger partial charge < -0.3 is 10.2 Å². The van der Waals surface area contributed by atoms with Crippen LogP contribution in [0.4, 0.5) is 4.79 Å². The van der Waals surface area contributed by atoms with Crippen molar-refractivity contribution in [2.75, 3.05) is 13.1 Å². The summed E-state index contributed by atoms with van der Waals surface area (Å²) in [7, 11) is 0. The van der Waals surface area contributed by atoms with Gasteiger partial charge in [-0.2, -0.15) is 0 Å². The van der Waals surface area contributed by atoms with Crippen LogP contribution in [0.1, 0.15) is 24.9 Å². The number of halogens is 1. The van der Waals surface area contributed by atoms with Gasteiger partial charge in [-0.1, -0.05) is 28.1 Å². The van der Waals surface area contributed by atoms with Crippen LogP contribution in [0.15, 0.2) is 28.7 Å². The van der Waals surface area contributed by atoms with Gasteiger partial charge in [0.2, 0.25) is 0 Å². The van der Waals surface area contributed by atoms with Crippen LogP contribution in [0.25, 0.3) is 0 Å². The highest BCUT2D eigenvalue weighted by Gasteiger charge is 2.23. The molecule has 0 spiro atoms. The highest BCUT2D eigenvalue weighted by atomic mass is 79.9. The van der Waals surface area contributed by atoms with Crippen LogP contribution >= 0.6 is 15.9 Å². The minimum atomic E-state index is 0.0405. The van der Waals surface area contributed by atoms with E-state index in [2.05, 4.69) is 40.3 Å². The highest BCUT2D eigenvalue weighted by Crippen LogP contribution is 2.24. The monoisotopic (exact) mass is 282 g/mol. The Kier molecular flexibility index (Phi) is 3.49. The predicted octanol–water partition coefficient (Wildman–Crippen LogP) is 2.93. The summed E-state index contributed by atoms with van der Waals surface area (Å²) in [5.74, 6) is 0. The molecule has 0 bridgehead atoms. The van der Waals surface area contributed by atoms with Gasteiger partial charge in [-0.15, -0.1) is 0 Å². The fraction of sp³-hybridized carbons (Fsp3) is 0.417. The second-order valence-electron chi connectivity index (χ2n) is 4.01. The number of nitrogens with zero attached hydrogens (tertiary/aromatic N) is 1. The van der Waals surface area contributed by atoms with E-state index in [0.717, 1.165) is 29.5 Å². The summed E-state index contributed by atoms with van der Waals surface area (Å²) in [6, 6.07) is 8.27. The molecule has 1 aromatic carbocycles. The molecule has 0 radical (unpaired) electrons. The van der Waals surface area contributed by atoms with Crippen LogP contribution in [0.5, 0.6) is 0 Å². The van der Waals surface area contributed by atoms with Gasteiger partial charge in [0, 0.05) is 17.6 Å². The lowest BCUT2D eigenvalue weighted by Gasteiger charge is -2.33. The van der Waals surface area contributed by atoms with Crippen molar-refractivity contribution >= 4 is 22.0 Å². The summed E-state index contributed by atoms with van der Waals surface area (Å²) < 4.78 is 1.05. The average Bonchev–Trinajstić information content (AvgIpc) is 2.29. The largest absolute Gasteiger partial charge is 0.338 e. The molecule has 1 aliphatic rings. The van der Waals surface area contributed by atoms with Crippen molar-refractivity contribution in [2.24, 2.45) is 0 Å². The number of amides is 2. The zero-order chi connectivity index (χ0) is 11.5. The predicted molar refractivity (Wildman–Crippen MR) is 67.3 cm³/mol. The minimum absolute atomic E-state index is 0.0405. The standard InChI is InChI=1S/C12H15BrN2O/c1-9(10-4-2-5-11(13)8-10)15-7-3-6-14-12(15)16/h2,4-5,8-9H,3,6-7H2,1H3,(H,14,16). The Morgan fingerprint density at radius 3 is 3.00 bits per heavy atom. The van der Waals surface area contributed by atoms with Crippen LogP contribution in [-0.4, -0.2) is 24.0 Å². The normalized spacial score (nSPS) is 18.1. The first-order chi connectivity index (χ1) is 7.68. The lowest BCUT2D eigenvalue weighted by molar-refractivity contribution is 0.166. The number of nitrogens with one attached hydrogen (secondary N) is 1. The van der Waals surface area contributed by atoms with Gasteiger partial charge in [-0.25, -0.2) is 4.79 Å². The second-order valence-corrected chi connectivity index (χ2v) is 4.93. The van der Waals surface area contributed by atoms with Gasteiger partial charge in [0.1, 0.15) is 0 Å². The Hall–Kier alpha value is -1.03. The summed E-state index contributed by atoms with van der Waals surface area (Å²) in [6.45, 7) is 3.69. The zero-order valence-corrected chi connectivity index (χ0v) is 10.8. The van der Waals surface area contributed by atoms with E-state index in [-0.39, 0.29) is 12.1 Å². The van der Waals surface area contributed by atoms with E-state index in [1.807, 2.05) is 17.0 Å². The van der Waals surface area contributed by atoms with Crippen molar-refractivity contribution in [3.63, 3.8) is 0 Å². The molecule has 2 amide bonds. The van der Waals surface area contributed by atoms with Crippen molar-refractivity contribution < 1.29 is 4.79 Å². The second kappa shape index (κ2) is 4.87. The molecule has 1 N–H and O–H groups in total. The lowest BCUT2D eigenvalue weighted by atomic mass is 10.1. The Labute approximate surface area is 104 Å². The molecule has 0 aliphatic carbocycles. The van der Waals surface area contributed by atoms with E-state index in [0.29, 0.717) is 0 Å². The number of benzene rings is 1. The molecule has 0 aromatic heterocycles. The first-order valence-electron chi connectivity index (χ1n) is 5.48. The maximum absolute atomic E-state index is 11.7. The first kappa shape index (κ1) is 11.5. The van der Waals surface area contributed by atoms with Crippen molar-refractivity contribution in [3.8, 4) is 0 Å². The van der Waals surface area contributed by atoms with Gasteiger partial charge in [-0.3, -0.25) is 0 Å². The van der Waals surface area contributed by atoms with Crippen molar-refractivity contribution in [2.45, 2.75) is 19.4 Å². The highest BCUT2D eigenvalue weighted by molar-refractivity contribution is 9.10. The Morgan fingerprint density at radius 2 is 2.31 bits per heavy atom. The Bertz CT molecular complexity index is 394. The van der Waals surface area contributed by atoms with E-state index in [1.54, 1.807) is 0 Å². The summed E-state index contributed by atoms with van der Waals surface area (Å²) in [4.78, 5) is 13.6. The SMILES string of the molecule is CC(c1cccc(Br)c1)N1CCCNC1=O. The molecule has 1 atom stereocenters. The maximum atomic E-state index is 11.7. The number of hydrogen-bond donors (Lipinski definition) is 1. The van der Waals surface area contributed by atoms with Crippen LogP contribution < -0.4 is 5.32 Å². The summed E-state index contributed by atoms with van der Waals surface area (Å²) >= 11 is 3.45. The number of rotatable bonds is 2. The molecular formula is C12H15BrN2O. The third kappa shape index (κ3) is 2.38. The number of hydrogen-bond acceptors (Lipinski definition) is 1. The van der Waals surface area contributed by atoms with E-state index in [9.17, 15) is 4.79 Å². The number of urea groups is 1. The molecular weight excluding hydrogens is 268 g/mol. The quantitative estimate of drug-likeness (QED) is 0.889. The average molecular weight is 283 g/mol. The van der Waals surface area contributed by atoms with Crippen molar-refractivity contribution in [1.29, 1.82) is 0 Å². The molecule has 1 aliphatic heterocycles. The number of carbonyl (C=O) groups excluding carboxylic acids is 1. The fourth-order valence-corrected chi connectivity index (χ4v) is 2.38. The molecule has 1 unspecified atom stereocenters.